The lowest BCUT2D eigenvalue weighted by Gasteiger charge is -2.35. The minimum absolute atomic E-state index is 0.0346. The number of nitrogens with zero attached hydrogens (tertiary/aromatic N) is 2. The number of carbonyl (C=O) groups is 1. The smallest absolute Gasteiger partial charge is 0.270 e. The Balaban J connectivity index is 1.77. The van der Waals surface area contributed by atoms with Crippen molar-refractivity contribution in [3.8, 4) is 0 Å². The molecule has 1 heterocycles. The highest BCUT2D eigenvalue weighted by atomic mass is 35.5. The molecule has 148 valence electrons. The minimum Gasteiger partial charge on any atom is -0.379 e. The summed E-state index contributed by atoms with van der Waals surface area (Å²) in [5, 5.41) is 14.4. The Hall–Kier alpha value is -2.19. The fourth-order valence-electron chi connectivity index (χ4n) is 3.16. The Morgan fingerprint density at radius 2 is 1.89 bits per heavy atom. The maximum atomic E-state index is 12.6. The second kappa shape index (κ2) is 9.34. The highest BCUT2D eigenvalue weighted by molar-refractivity contribution is 6.34. The van der Waals surface area contributed by atoms with Crippen molar-refractivity contribution in [1.29, 1.82) is 0 Å². The molecule has 2 aromatic rings. The third-order valence-corrected chi connectivity index (χ3v) is 5.27. The average molecular weight is 424 g/mol. The molecular weight excluding hydrogens is 405 g/mol. The van der Waals surface area contributed by atoms with E-state index >= 15 is 0 Å². The molecule has 28 heavy (non-hydrogen) atoms. The molecule has 0 spiro atoms. The molecule has 1 amide bonds. The largest absolute Gasteiger partial charge is 0.379 e. The summed E-state index contributed by atoms with van der Waals surface area (Å²) in [4.78, 5) is 25.1. The van der Waals surface area contributed by atoms with Gasteiger partial charge in [-0.25, -0.2) is 0 Å². The number of hydrogen-bond acceptors (Lipinski definition) is 5. The van der Waals surface area contributed by atoms with Gasteiger partial charge in [0.15, 0.2) is 0 Å². The monoisotopic (exact) mass is 423 g/mol. The standard InChI is InChI=1S/C19H19Cl2N3O4/c20-16-4-2-1-3-14(16)18(23-7-9-28-10-8-23)12-22-19(25)15-6-5-13(24(26)27)11-17(15)21/h1-6,11,18H,7-10,12H2,(H,22,25). The van der Waals surface area contributed by atoms with Gasteiger partial charge >= 0.3 is 0 Å². The Morgan fingerprint density at radius 3 is 2.54 bits per heavy atom. The van der Waals surface area contributed by atoms with E-state index in [1.807, 2.05) is 24.3 Å². The van der Waals surface area contributed by atoms with Gasteiger partial charge in [0.2, 0.25) is 0 Å². The number of ether oxygens (including phenoxy) is 1. The number of nitro groups is 1. The minimum atomic E-state index is -0.556. The third-order valence-electron chi connectivity index (χ3n) is 4.61. The van der Waals surface area contributed by atoms with Crippen molar-refractivity contribution in [2.24, 2.45) is 0 Å². The van der Waals surface area contributed by atoms with Gasteiger partial charge in [0, 0.05) is 36.8 Å². The molecule has 9 heteroatoms. The third kappa shape index (κ3) is 4.80. The topological polar surface area (TPSA) is 84.7 Å². The molecule has 1 N–H and O–H groups in total. The van der Waals surface area contributed by atoms with Crippen LogP contribution in [-0.4, -0.2) is 48.6 Å². The van der Waals surface area contributed by atoms with Crippen LogP contribution in [0.2, 0.25) is 10.0 Å². The van der Waals surface area contributed by atoms with E-state index < -0.39 is 10.8 Å². The summed E-state index contributed by atoms with van der Waals surface area (Å²) >= 11 is 12.4. The van der Waals surface area contributed by atoms with E-state index in [-0.39, 0.29) is 22.3 Å². The van der Waals surface area contributed by atoms with Gasteiger partial charge in [-0.05, 0) is 17.7 Å². The van der Waals surface area contributed by atoms with Crippen LogP contribution >= 0.6 is 23.2 Å². The van der Waals surface area contributed by atoms with Crippen LogP contribution in [-0.2, 0) is 4.74 Å². The number of amides is 1. The first-order valence-electron chi connectivity index (χ1n) is 8.75. The maximum absolute atomic E-state index is 12.6. The number of hydrogen-bond donors (Lipinski definition) is 1. The van der Waals surface area contributed by atoms with Crippen LogP contribution in [0.1, 0.15) is 22.0 Å². The quantitative estimate of drug-likeness (QED) is 0.565. The predicted molar refractivity (Wildman–Crippen MR) is 107 cm³/mol. The van der Waals surface area contributed by atoms with Crippen molar-refractivity contribution < 1.29 is 14.5 Å². The van der Waals surface area contributed by atoms with Gasteiger partial charge in [-0.3, -0.25) is 19.8 Å². The second-order valence-corrected chi connectivity index (χ2v) is 7.13. The van der Waals surface area contributed by atoms with E-state index in [1.54, 1.807) is 0 Å². The molecular formula is C19H19Cl2N3O4. The molecule has 1 unspecified atom stereocenters. The Kier molecular flexibility index (Phi) is 6.85. The fraction of sp³-hybridized carbons (Fsp3) is 0.316. The molecule has 3 rings (SSSR count). The first kappa shape index (κ1) is 20.5. The molecule has 7 nitrogen and oxygen atoms in total. The summed E-state index contributed by atoms with van der Waals surface area (Å²) in [6.07, 6.45) is 0. The fourth-order valence-corrected chi connectivity index (χ4v) is 3.68. The van der Waals surface area contributed by atoms with Crippen LogP contribution in [0.25, 0.3) is 0 Å². The Morgan fingerprint density at radius 1 is 1.18 bits per heavy atom. The lowest BCUT2D eigenvalue weighted by molar-refractivity contribution is -0.384. The van der Waals surface area contributed by atoms with Crippen LogP contribution in [0.3, 0.4) is 0 Å². The van der Waals surface area contributed by atoms with Crippen LogP contribution in [0.4, 0.5) is 5.69 Å². The molecule has 0 aliphatic carbocycles. The van der Waals surface area contributed by atoms with Gasteiger partial charge in [-0.1, -0.05) is 41.4 Å². The average Bonchev–Trinajstić information content (AvgIpc) is 2.70. The zero-order valence-electron chi connectivity index (χ0n) is 14.9. The summed E-state index contributed by atoms with van der Waals surface area (Å²) in [7, 11) is 0. The molecule has 1 aliphatic heterocycles. The summed E-state index contributed by atoms with van der Waals surface area (Å²) in [5.74, 6) is -0.398. The maximum Gasteiger partial charge on any atom is 0.270 e. The summed E-state index contributed by atoms with van der Waals surface area (Å²) in [6, 6.07) is 11.2. The summed E-state index contributed by atoms with van der Waals surface area (Å²) in [5.41, 5.74) is 0.942. The van der Waals surface area contributed by atoms with E-state index in [2.05, 4.69) is 10.2 Å². The van der Waals surface area contributed by atoms with Gasteiger partial charge in [0.05, 0.1) is 34.8 Å². The van der Waals surface area contributed by atoms with Gasteiger partial charge in [-0.2, -0.15) is 0 Å². The van der Waals surface area contributed by atoms with Crippen LogP contribution in [0.5, 0.6) is 0 Å². The van der Waals surface area contributed by atoms with E-state index in [0.29, 0.717) is 24.8 Å². The van der Waals surface area contributed by atoms with E-state index in [4.69, 9.17) is 27.9 Å². The van der Waals surface area contributed by atoms with Crippen LogP contribution in [0.15, 0.2) is 42.5 Å². The zero-order chi connectivity index (χ0) is 20.1. The second-order valence-electron chi connectivity index (χ2n) is 6.32. The predicted octanol–water partition coefficient (Wildman–Crippen LogP) is 3.70. The van der Waals surface area contributed by atoms with Gasteiger partial charge in [0.1, 0.15) is 0 Å². The van der Waals surface area contributed by atoms with Gasteiger partial charge < -0.3 is 10.1 Å². The highest BCUT2D eigenvalue weighted by Crippen LogP contribution is 2.28. The van der Waals surface area contributed by atoms with Crippen molar-refractivity contribution >= 4 is 34.8 Å². The molecule has 0 radical (unpaired) electrons. The van der Waals surface area contributed by atoms with Crippen LogP contribution < -0.4 is 5.32 Å². The zero-order valence-corrected chi connectivity index (χ0v) is 16.4. The summed E-state index contributed by atoms with van der Waals surface area (Å²) < 4.78 is 5.42. The normalized spacial score (nSPS) is 15.8. The number of morpholine rings is 1. The number of benzene rings is 2. The van der Waals surface area contributed by atoms with Gasteiger partial charge in [0.25, 0.3) is 11.6 Å². The SMILES string of the molecule is O=C(NCC(c1ccccc1Cl)N1CCOCC1)c1ccc([N+](=O)[O-])cc1Cl. The van der Waals surface area contributed by atoms with Crippen molar-refractivity contribution in [3.63, 3.8) is 0 Å². The molecule has 2 aromatic carbocycles. The van der Waals surface area contributed by atoms with Crippen LogP contribution in [0, 0.1) is 10.1 Å². The first-order valence-corrected chi connectivity index (χ1v) is 9.51. The number of rotatable bonds is 6. The van der Waals surface area contributed by atoms with Crippen molar-refractivity contribution in [3.05, 3.63) is 73.8 Å². The van der Waals surface area contributed by atoms with Crippen molar-refractivity contribution in [1.82, 2.24) is 10.2 Å². The molecule has 1 aliphatic rings. The number of halogens is 2. The Bertz CT molecular complexity index is 872. The van der Waals surface area contributed by atoms with E-state index in [0.717, 1.165) is 18.7 Å². The van der Waals surface area contributed by atoms with Crippen molar-refractivity contribution in [2.75, 3.05) is 32.8 Å². The molecule has 1 saturated heterocycles. The number of nitrogens with one attached hydrogen (secondary N) is 1. The molecule has 0 bridgehead atoms. The lowest BCUT2D eigenvalue weighted by atomic mass is 10.0. The lowest BCUT2D eigenvalue weighted by Crippen LogP contribution is -2.44. The number of non-ortho nitro benzene ring substituents is 1. The number of nitro benzene ring substituents is 1. The number of carbonyl (C=O) groups excluding carboxylic acids is 1. The molecule has 1 fully saturated rings. The first-order chi connectivity index (χ1) is 13.5. The highest BCUT2D eigenvalue weighted by Gasteiger charge is 2.25. The Labute approximate surface area is 172 Å². The molecule has 0 aromatic heterocycles. The van der Waals surface area contributed by atoms with Gasteiger partial charge in [-0.15, -0.1) is 0 Å². The molecule has 1 atom stereocenters. The van der Waals surface area contributed by atoms with E-state index in [1.165, 1.54) is 18.2 Å². The molecule has 0 saturated carbocycles. The van der Waals surface area contributed by atoms with Crippen molar-refractivity contribution in [2.45, 2.75) is 6.04 Å². The summed E-state index contributed by atoms with van der Waals surface area (Å²) in [6.45, 7) is 3.00. The van der Waals surface area contributed by atoms with E-state index in [9.17, 15) is 14.9 Å².